The number of nitrogens with one attached hydrogen (secondary N) is 1. The third-order valence-electron chi connectivity index (χ3n) is 4.24. The van der Waals surface area contributed by atoms with Gasteiger partial charge in [-0.05, 0) is 45.7 Å². The molecule has 0 fully saturated rings. The van der Waals surface area contributed by atoms with Crippen LogP contribution >= 0.6 is 7.26 Å². The Morgan fingerprint density at radius 3 is 1.95 bits per heavy atom. The normalized spacial score (nSPS) is 10.8. The first-order valence-electron chi connectivity index (χ1n) is 7.19. The van der Waals surface area contributed by atoms with Crippen molar-refractivity contribution in [2.24, 2.45) is 0 Å². The Balaban J connectivity index is 0. The van der Waals surface area contributed by atoms with Gasteiger partial charge in [0, 0.05) is 47.1 Å². The molecule has 1 radical (unpaired) electrons. The molecule has 1 aromatic rings. The Hall–Kier alpha value is 0.224. The number of benzene rings is 1. The number of rotatable bonds is 6. The molecule has 0 atom stereocenters. The molecule has 0 spiro atoms. The van der Waals surface area contributed by atoms with Crippen LogP contribution in [0.1, 0.15) is 33.3 Å². The zero-order valence-corrected chi connectivity index (χ0v) is 17.2. The molecule has 1 N–H and O–H groups in total. The first kappa shape index (κ1) is 20.2. The molecule has 0 aliphatic rings. The average molecular weight is 371 g/mol. The van der Waals surface area contributed by atoms with E-state index in [1.165, 1.54) is 18.5 Å². The van der Waals surface area contributed by atoms with E-state index >= 15 is 0 Å². The third kappa shape index (κ3) is 5.21. The molecule has 1 rings (SSSR count). The smallest absolute Gasteiger partial charge is 0.261 e. The minimum absolute atomic E-state index is 0. The van der Waals surface area contributed by atoms with Crippen molar-refractivity contribution >= 4 is 18.9 Å². The number of carbonyl (C=O) groups is 1. The SMILES string of the molecule is CC[P+](CC)(CC)CC(=O)Nc1c(C)cccc1C.[HH].[Y]. The number of amides is 1. The molecule has 1 amide bonds. The van der Waals surface area contributed by atoms with Crippen molar-refractivity contribution in [2.45, 2.75) is 34.6 Å². The van der Waals surface area contributed by atoms with Gasteiger partial charge >= 0.3 is 0 Å². The van der Waals surface area contributed by atoms with Crippen LogP contribution in [0.2, 0.25) is 0 Å². The van der Waals surface area contributed by atoms with Crippen molar-refractivity contribution in [3.63, 3.8) is 0 Å². The molecule has 0 aromatic heterocycles. The van der Waals surface area contributed by atoms with Gasteiger partial charge in [-0.3, -0.25) is 4.79 Å². The van der Waals surface area contributed by atoms with Crippen LogP contribution in [0.15, 0.2) is 18.2 Å². The van der Waals surface area contributed by atoms with Crippen LogP contribution in [-0.4, -0.2) is 30.6 Å². The van der Waals surface area contributed by atoms with E-state index < -0.39 is 7.26 Å². The van der Waals surface area contributed by atoms with Gasteiger partial charge in [-0.25, -0.2) is 0 Å². The zero-order chi connectivity index (χ0) is 14.5. The van der Waals surface area contributed by atoms with Crippen LogP contribution in [0, 0.1) is 13.8 Å². The fourth-order valence-electron chi connectivity index (χ4n) is 2.50. The molecule has 0 unspecified atom stereocenters. The van der Waals surface area contributed by atoms with Crippen molar-refractivity contribution in [1.29, 1.82) is 0 Å². The minimum atomic E-state index is -1.07. The molecule has 1 aromatic carbocycles. The molecule has 0 saturated carbocycles. The fourth-order valence-corrected chi connectivity index (χ4v) is 5.20. The predicted octanol–water partition coefficient (Wildman–Crippen LogP) is 4.56. The first-order chi connectivity index (χ1) is 8.98. The number of anilines is 1. The molecule has 20 heavy (non-hydrogen) atoms. The maximum Gasteiger partial charge on any atom is 0.261 e. The van der Waals surface area contributed by atoms with Gasteiger partial charge in [-0.1, -0.05) is 18.2 Å². The largest absolute Gasteiger partial charge is 0.322 e. The molecule has 2 nitrogen and oxygen atoms in total. The summed E-state index contributed by atoms with van der Waals surface area (Å²) < 4.78 is 0. The molecule has 0 aliphatic carbocycles. The summed E-state index contributed by atoms with van der Waals surface area (Å²) in [5.74, 6) is 0.191. The standard InChI is InChI=1S/C16H26NOP.Y.H2/c1-6-19(7-2,8-3)12-15(18)17-16-13(4)10-9-11-14(16)5;;/h9-11H,6-8,12H2,1-5H3;;1H/p+1. The zero-order valence-electron chi connectivity index (χ0n) is 13.5. The maximum atomic E-state index is 12.3. The van der Waals surface area contributed by atoms with Gasteiger partial charge < -0.3 is 5.32 Å². The van der Waals surface area contributed by atoms with Crippen molar-refractivity contribution in [2.75, 3.05) is 30.0 Å². The molecule has 0 bridgehead atoms. The summed E-state index contributed by atoms with van der Waals surface area (Å²) in [6.07, 6.45) is 4.23. The van der Waals surface area contributed by atoms with Crippen LogP contribution in [0.4, 0.5) is 5.69 Å². The van der Waals surface area contributed by atoms with Gasteiger partial charge in [0.25, 0.3) is 5.91 Å². The van der Waals surface area contributed by atoms with E-state index in [1.54, 1.807) is 0 Å². The second kappa shape index (κ2) is 9.28. The van der Waals surface area contributed by atoms with E-state index in [2.05, 4.69) is 26.1 Å². The van der Waals surface area contributed by atoms with E-state index in [-0.39, 0.29) is 40.0 Å². The van der Waals surface area contributed by atoms with Crippen LogP contribution in [0.5, 0.6) is 0 Å². The number of hydrogen-bond acceptors (Lipinski definition) is 1. The quantitative estimate of drug-likeness (QED) is 0.730. The summed E-state index contributed by atoms with van der Waals surface area (Å²) in [4.78, 5) is 12.3. The number of hydrogen-bond donors (Lipinski definition) is 1. The second-order valence-corrected chi connectivity index (χ2v) is 10.2. The van der Waals surface area contributed by atoms with Crippen LogP contribution < -0.4 is 5.32 Å². The molecule has 111 valence electrons. The molecule has 0 saturated heterocycles. The van der Waals surface area contributed by atoms with Crippen LogP contribution in [0.3, 0.4) is 0 Å². The topological polar surface area (TPSA) is 29.1 Å². The minimum Gasteiger partial charge on any atom is -0.322 e. The Labute approximate surface area is 151 Å². The van der Waals surface area contributed by atoms with E-state index in [0.717, 1.165) is 23.0 Å². The van der Waals surface area contributed by atoms with E-state index in [1.807, 2.05) is 32.0 Å². The molecule has 0 heterocycles. The monoisotopic (exact) mass is 371 g/mol. The summed E-state index contributed by atoms with van der Waals surface area (Å²) in [6.45, 7) is 10.8. The molecular weight excluding hydrogens is 342 g/mol. The third-order valence-corrected chi connectivity index (χ3v) is 9.22. The van der Waals surface area contributed by atoms with Gasteiger partial charge in [-0.15, -0.1) is 0 Å². The maximum absolute atomic E-state index is 12.3. The number of aryl methyl sites for hydroxylation is 2. The second-order valence-electron chi connectivity index (χ2n) is 5.26. The van der Waals surface area contributed by atoms with E-state index in [4.69, 9.17) is 0 Å². The Bertz CT molecular complexity index is 421. The molecular formula is C16H29NOPY+. The van der Waals surface area contributed by atoms with E-state index in [9.17, 15) is 4.79 Å². The van der Waals surface area contributed by atoms with E-state index in [0.29, 0.717) is 0 Å². The van der Waals surface area contributed by atoms with Gasteiger partial charge in [0.05, 0.1) is 18.5 Å². The van der Waals surface area contributed by atoms with Gasteiger partial charge in [0.15, 0.2) is 0 Å². The summed E-state index contributed by atoms with van der Waals surface area (Å²) in [5, 5.41) is 3.13. The van der Waals surface area contributed by atoms with Crippen molar-refractivity contribution in [1.82, 2.24) is 0 Å². The summed E-state index contributed by atoms with van der Waals surface area (Å²) >= 11 is 0. The Morgan fingerprint density at radius 2 is 1.55 bits per heavy atom. The van der Waals surface area contributed by atoms with Crippen LogP contribution in [-0.2, 0) is 37.5 Å². The Morgan fingerprint density at radius 1 is 1.10 bits per heavy atom. The van der Waals surface area contributed by atoms with Gasteiger partial charge in [0.2, 0.25) is 0 Å². The summed E-state index contributed by atoms with van der Waals surface area (Å²) in [6, 6.07) is 6.12. The number of para-hydroxylation sites is 1. The first-order valence-corrected chi connectivity index (χ1v) is 9.72. The Kier molecular flexibility index (Phi) is 9.39. The number of carbonyl (C=O) groups excluding carboxylic acids is 1. The van der Waals surface area contributed by atoms with Gasteiger partial charge in [0.1, 0.15) is 6.16 Å². The summed E-state index contributed by atoms with van der Waals surface area (Å²) in [7, 11) is -1.07. The fraction of sp³-hybridized carbons (Fsp3) is 0.562. The molecule has 0 aliphatic heterocycles. The summed E-state index contributed by atoms with van der Waals surface area (Å²) in [5.41, 5.74) is 3.28. The predicted molar refractivity (Wildman–Crippen MR) is 90.1 cm³/mol. The average Bonchev–Trinajstić information content (AvgIpc) is 2.41. The van der Waals surface area contributed by atoms with Gasteiger partial charge in [-0.2, -0.15) is 0 Å². The molecule has 4 heteroatoms. The van der Waals surface area contributed by atoms with Crippen molar-refractivity contribution < 1.29 is 38.9 Å². The van der Waals surface area contributed by atoms with Crippen molar-refractivity contribution in [3.8, 4) is 0 Å². The van der Waals surface area contributed by atoms with Crippen molar-refractivity contribution in [3.05, 3.63) is 29.3 Å². The van der Waals surface area contributed by atoms with Crippen LogP contribution in [0.25, 0.3) is 0 Å².